The van der Waals surface area contributed by atoms with Crippen molar-refractivity contribution in [3.05, 3.63) is 46.6 Å². The fourth-order valence-corrected chi connectivity index (χ4v) is 4.14. The maximum atomic E-state index is 13.0. The Morgan fingerprint density at radius 2 is 1.84 bits per heavy atom. The first-order chi connectivity index (χ1) is 17.5. The summed E-state index contributed by atoms with van der Waals surface area (Å²) in [7, 11) is 1.36. The van der Waals surface area contributed by atoms with E-state index >= 15 is 0 Å². The number of hydrogen-bond acceptors (Lipinski definition) is 7. The number of aliphatic hydroxyl groups excluding tert-OH is 2. The molecule has 0 unspecified atom stereocenters. The highest BCUT2D eigenvalue weighted by Gasteiger charge is 2.34. The minimum atomic E-state index is -1.41. The molecule has 37 heavy (non-hydrogen) atoms. The van der Waals surface area contributed by atoms with Crippen molar-refractivity contribution >= 4 is 29.4 Å². The SMILES string of the molecule is CCCC[C@@H](C)[C@H](O)[C@H](C)C(=O)C(C)=C[C@@H](OC)[C@@H](O)[C@@H](OCC)C(=O)NC=Cc1ccc(O)c(Cl)c1. The average Bonchev–Trinajstić information content (AvgIpc) is 2.88. The summed E-state index contributed by atoms with van der Waals surface area (Å²) in [6.07, 6.45) is 2.75. The molecule has 0 bridgehead atoms. The van der Waals surface area contributed by atoms with E-state index in [1.807, 2.05) is 6.92 Å². The van der Waals surface area contributed by atoms with E-state index in [9.17, 15) is 24.9 Å². The minimum absolute atomic E-state index is 0.0211. The van der Waals surface area contributed by atoms with Crippen LogP contribution in [0, 0.1) is 11.8 Å². The molecule has 1 amide bonds. The maximum absolute atomic E-state index is 13.0. The van der Waals surface area contributed by atoms with E-state index in [0.717, 1.165) is 19.3 Å². The van der Waals surface area contributed by atoms with Gasteiger partial charge in [0.2, 0.25) is 0 Å². The standard InChI is InChI=1S/C28H42ClNO7/c1-7-9-10-17(3)24(32)19(5)25(33)18(4)15-23(36-6)26(34)27(37-8-2)28(35)30-14-13-20-11-12-22(31)21(29)16-20/h11-17,19,23-24,26-27,31-32,34H,7-10H2,1-6H3,(H,30,35)/t17-,19+,23-,24+,26-,27-/m1/s1. The van der Waals surface area contributed by atoms with Gasteiger partial charge >= 0.3 is 0 Å². The Balaban J connectivity index is 2.94. The molecule has 6 atom stereocenters. The van der Waals surface area contributed by atoms with Gasteiger partial charge in [0.1, 0.15) is 18.0 Å². The molecule has 1 rings (SSSR count). The smallest absolute Gasteiger partial charge is 0.255 e. The molecule has 4 N–H and O–H groups in total. The molecule has 8 nitrogen and oxygen atoms in total. The molecule has 208 valence electrons. The van der Waals surface area contributed by atoms with Crippen LogP contribution in [0.25, 0.3) is 6.08 Å². The Bertz CT molecular complexity index is 933. The fourth-order valence-electron chi connectivity index (χ4n) is 3.95. The van der Waals surface area contributed by atoms with Gasteiger partial charge in [-0.25, -0.2) is 0 Å². The number of hydrogen-bond donors (Lipinski definition) is 4. The number of phenols is 1. The summed E-state index contributed by atoms with van der Waals surface area (Å²) < 4.78 is 10.9. The van der Waals surface area contributed by atoms with Crippen LogP contribution in [0.2, 0.25) is 5.02 Å². The monoisotopic (exact) mass is 539 g/mol. The van der Waals surface area contributed by atoms with Crippen LogP contribution in [0.5, 0.6) is 5.75 Å². The van der Waals surface area contributed by atoms with Gasteiger partial charge in [0.25, 0.3) is 5.91 Å². The van der Waals surface area contributed by atoms with Gasteiger partial charge in [-0.15, -0.1) is 0 Å². The normalized spacial score (nSPS) is 17.2. The van der Waals surface area contributed by atoms with Gasteiger partial charge in [0.05, 0.1) is 11.1 Å². The van der Waals surface area contributed by atoms with Crippen molar-refractivity contribution in [2.45, 2.75) is 78.3 Å². The predicted molar refractivity (Wildman–Crippen MR) is 145 cm³/mol. The van der Waals surface area contributed by atoms with Crippen LogP contribution in [-0.4, -0.2) is 65.1 Å². The van der Waals surface area contributed by atoms with E-state index in [0.29, 0.717) is 11.1 Å². The second-order valence-electron chi connectivity index (χ2n) is 9.23. The molecule has 9 heteroatoms. The highest BCUT2D eigenvalue weighted by molar-refractivity contribution is 6.32. The number of aromatic hydroxyl groups is 1. The lowest BCUT2D eigenvalue weighted by molar-refractivity contribution is -0.145. The topological polar surface area (TPSA) is 125 Å². The lowest BCUT2D eigenvalue weighted by Gasteiger charge is -2.27. The molecule has 0 heterocycles. The van der Waals surface area contributed by atoms with E-state index < -0.39 is 36.2 Å². The minimum Gasteiger partial charge on any atom is -0.506 e. The Morgan fingerprint density at radius 1 is 1.16 bits per heavy atom. The number of ketones is 1. The molecule has 0 aromatic heterocycles. The third kappa shape index (κ3) is 10.2. The summed E-state index contributed by atoms with van der Waals surface area (Å²) in [6, 6.07) is 4.58. The molecule has 1 aromatic carbocycles. The van der Waals surface area contributed by atoms with Crippen LogP contribution in [0.3, 0.4) is 0 Å². The van der Waals surface area contributed by atoms with Crippen LogP contribution in [0.15, 0.2) is 36.0 Å². The average molecular weight is 540 g/mol. The number of methoxy groups -OCH3 is 1. The van der Waals surface area contributed by atoms with Gasteiger partial charge in [-0.2, -0.15) is 0 Å². The molecular weight excluding hydrogens is 498 g/mol. The van der Waals surface area contributed by atoms with Crippen LogP contribution in [-0.2, 0) is 19.1 Å². The van der Waals surface area contributed by atoms with E-state index in [-0.39, 0.29) is 29.1 Å². The number of carbonyl (C=O) groups is 2. The van der Waals surface area contributed by atoms with Crippen molar-refractivity contribution in [2.75, 3.05) is 13.7 Å². The van der Waals surface area contributed by atoms with Crippen molar-refractivity contribution in [3.63, 3.8) is 0 Å². The number of allylic oxidation sites excluding steroid dienone is 1. The van der Waals surface area contributed by atoms with Gasteiger partial charge in [-0.3, -0.25) is 9.59 Å². The summed E-state index contributed by atoms with van der Waals surface area (Å²) in [5.74, 6) is -1.55. The largest absolute Gasteiger partial charge is 0.506 e. The summed E-state index contributed by atoms with van der Waals surface area (Å²) in [4.78, 5) is 25.8. The van der Waals surface area contributed by atoms with Gasteiger partial charge in [-0.1, -0.05) is 51.3 Å². The molecule has 1 aromatic rings. The first kappa shape index (κ1) is 32.8. The van der Waals surface area contributed by atoms with Gasteiger partial charge in [0.15, 0.2) is 11.9 Å². The Kier molecular flexibility index (Phi) is 14.7. The summed E-state index contributed by atoms with van der Waals surface area (Å²) in [6.45, 7) is 9.15. The number of halogens is 1. The Hall–Kier alpha value is -2.23. The van der Waals surface area contributed by atoms with Crippen LogP contribution < -0.4 is 5.32 Å². The van der Waals surface area contributed by atoms with Gasteiger partial charge in [0, 0.05) is 25.8 Å². The lowest BCUT2D eigenvalue weighted by Crippen LogP contribution is -2.48. The van der Waals surface area contributed by atoms with Crippen molar-refractivity contribution in [2.24, 2.45) is 11.8 Å². The summed E-state index contributed by atoms with van der Waals surface area (Å²) >= 11 is 5.89. The van der Waals surface area contributed by atoms with Crippen molar-refractivity contribution in [3.8, 4) is 5.75 Å². The molecule has 0 aliphatic heterocycles. The first-order valence-electron chi connectivity index (χ1n) is 12.7. The molecule has 0 saturated carbocycles. The molecule has 0 fully saturated rings. The third-order valence-corrected chi connectivity index (χ3v) is 6.62. The van der Waals surface area contributed by atoms with Crippen LogP contribution >= 0.6 is 11.6 Å². The number of aliphatic hydroxyl groups is 2. The molecule has 0 aliphatic rings. The van der Waals surface area contributed by atoms with Gasteiger partial charge in [-0.05, 0) is 61.6 Å². The molecule has 0 radical (unpaired) electrons. The van der Waals surface area contributed by atoms with E-state index in [2.05, 4.69) is 12.2 Å². The number of amides is 1. The molecular formula is C28H42ClNO7. The molecule has 0 saturated heterocycles. The zero-order chi connectivity index (χ0) is 28.1. The number of carbonyl (C=O) groups excluding carboxylic acids is 2. The van der Waals surface area contributed by atoms with E-state index in [1.54, 1.807) is 32.9 Å². The second-order valence-corrected chi connectivity index (χ2v) is 9.64. The highest BCUT2D eigenvalue weighted by atomic mass is 35.5. The maximum Gasteiger partial charge on any atom is 0.255 e. The fraction of sp³-hybridized carbons (Fsp3) is 0.571. The number of unbranched alkanes of at least 4 members (excludes halogenated alkanes) is 1. The molecule has 0 aliphatic carbocycles. The van der Waals surface area contributed by atoms with E-state index in [1.165, 1.54) is 31.5 Å². The van der Waals surface area contributed by atoms with Crippen molar-refractivity contribution < 1.29 is 34.4 Å². The molecule has 0 spiro atoms. The Morgan fingerprint density at radius 3 is 2.41 bits per heavy atom. The van der Waals surface area contributed by atoms with Crippen LogP contribution in [0.4, 0.5) is 0 Å². The summed E-state index contributed by atoms with van der Waals surface area (Å²) in [5.41, 5.74) is 0.962. The third-order valence-electron chi connectivity index (χ3n) is 6.32. The highest BCUT2D eigenvalue weighted by Crippen LogP contribution is 2.24. The van der Waals surface area contributed by atoms with Crippen LogP contribution in [0.1, 0.15) is 59.4 Å². The second kappa shape index (κ2) is 16.6. The number of phenolic OH excluding ortho intramolecular Hbond substituents is 1. The van der Waals surface area contributed by atoms with Crippen molar-refractivity contribution in [1.82, 2.24) is 5.32 Å². The summed E-state index contributed by atoms with van der Waals surface area (Å²) in [5, 5.41) is 33.8. The van der Waals surface area contributed by atoms with Crippen molar-refractivity contribution in [1.29, 1.82) is 0 Å². The number of rotatable bonds is 16. The van der Waals surface area contributed by atoms with E-state index in [4.69, 9.17) is 21.1 Å². The first-order valence-corrected chi connectivity index (χ1v) is 13.0. The zero-order valence-electron chi connectivity index (χ0n) is 22.6. The number of ether oxygens (including phenoxy) is 2. The Labute approximate surface area is 225 Å². The predicted octanol–water partition coefficient (Wildman–Crippen LogP) is 4.25. The number of nitrogens with one attached hydrogen (secondary N) is 1. The zero-order valence-corrected chi connectivity index (χ0v) is 23.4. The quantitative estimate of drug-likeness (QED) is 0.231. The van der Waals surface area contributed by atoms with Gasteiger partial charge < -0.3 is 30.1 Å². The number of benzene rings is 1. The lowest BCUT2D eigenvalue weighted by atomic mass is 9.85. The number of Topliss-reactive ketones (excluding diaryl/α,β-unsaturated/α-hetero) is 1.